The van der Waals surface area contributed by atoms with Crippen molar-refractivity contribution in [1.29, 1.82) is 0 Å². The summed E-state index contributed by atoms with van der Waals surface area (Å²) in [4.78, 5) is 49.8. The van der Waals surface area contributed by atoms with E-state index in [0.29, 0.717) is 30.9 Å². The van der Waals surface area contributed by atoms with E-state index in [1.54, 1.807) is 0 Å². The van der Waals surface area contributed by atoms with Gasteiger partial charge in [0.05, 0.1) is 12.1 Å². The maximum atomic E-state index is 12.8. The molecular weight excluding hydrogens is 450 g/mol. The summed E-state index contributed by atoms with van der Waals surface area (Å²) in [5.41, 5.74) is 1.55. The summed E-state index contributed by atoms with van der Waals surface area (Å²) in [6.45, 7) is 1.30. The minimum absolute atomic E-state index is 0.0238. The second-order valence-electron chi connectivity index (χ2n) is 8.37. The van der Waals surface area contributed by atoms with Gasteiger partial charge in [0.15, 0.2) is 0 Å². The van der Waals surface area contributed by atoms with E-state index >= 15 is 0 Å². The van der Waals surface area contributed by atoms with E-state index in [4.69, 9.17) is 16.3 Å². The predicted molar refractivity (Wildman–Crippen MR) is 117 cm³/mol. The second kappa shape index (κ2) is 8.51. The zero-order chi connectivity index (χ0) is 23.1. The Bertz CT molecular complexity index is 1100. The van der Waals surface area contributed by atoms with Crippen LogP contribution in [0, 0.1) is 0 Å². The van der Waals surface area contributed by atoms with Crippen LogP contribution in [0.25, 0.3) is 0 Å². The van der Waals surface area contributed by atoms with Gasteiger partial charge in [0.25, 0.3) is 5.91 Å². The average molecular weight is 472 g/mol. The molecule has 3 aliphatic heterocycles. The topological polar surface area (TPSA) is 116 Å². The van der Waals surface area contributed by atoms with Gasteiger partial charge in [-0.2, -0.15) is 0 Å². The fourth-order valence-electron chi connectivity index (χ4n) is 4.92. The van der Waals surface area contributed by atoms with Crippen LogP contribution < -0.4 is 4.90 Å². The van der Waals surface area contributed by atoms with Gasteiger partial charge in [-0.05, 0) is 36.4 Å². The number of anilines is 1. The number of nitrogens with zero attached hydrogens (tertiary/aromatic N) is 5. The zero-order valence-electron chi connectivity index (χ0n) is 17.7. The summed E-state index contributed by atoms with van der Waals surface area (Å²) >= 11 is 6.11. The van der Waals surface area contributed by atoms with Crippen molar-refractivity contribution in [2.45, 2.75) is 38.0 Å². The van der Waals surface area contributed by atoms with Crippen molar-refractivity contribution >= 4 is 35.5 Å². The number of amides is 3. The van der Waals surface area contributed by atoms with Crippen LogP contribution in [-0.4, -0.2) is 74.7 Å². The molecule has 3 amide bonds. The van der Waals surface area contributed by atoms with Crippen molar-refractivity contribution < 1.29 is 24.2 Å². The third-order valence-electron chi connectivity index (χ3n) is 6.42. The molecular formula is C22H22ClN5O5. The Labute approximate surface area is 194 Å². The van der Waals surface area contributed by atoms with Gasteiger partial charge in [-0.1, -0.05) is 30.3 Å². The highest BCUT2D eigenvalue weighted by molar-refractivity contribution is 6.28. The van der Waals surface area contributed by atoms with Crippen LogP contribution in [0.2, 0.25) is 5.28 Å². The van der Waals surface area contributed by atoms with Crippen molar-refractivity contribution in [1.82, 2.24) is 19.8 Å². The van der Waals surface area contributed by atoms with Gasteiger partial charge >= 0.3 is 12.2 Å². The van der Waals surface area contributed by atoms with Gasteiger partial charge in [-0.15, -0.1) is 0 Å². The lowest BCUT2D eigenvalue weighted by molar-refractivity contribution is 0.0720. The Morgan fingerprint density at radius 2 is 1.82 bits per heavy atom. The zero-order valence-corrected chi connectivity index (χ0v) is 18.4. The highest BCUT2D eigenvalue weighted by atomic mass is 35.5. The van der Waals surface area contributed by atoms with Crippen LogP contribution in [0.15, 0.2) is 30.3 Å². The van der Waals surface area contributed by atoms with Crippen LogP contribution in [0.4, 0.5) is 15.4 Å². The van der Waals surface area contributed by atoms with Gasteiger partial charge in [0.1, 0.15) is 18.1 Å². The third kappa shape index (κ3) is 3.95. The molecule has 33 heavy (non-hydrogen) atoms. The van der Waals surface area contributed by atoms with Crippen LogP contribution in [0.3, 0.4) is 0 Å². The molecule has 0 radical (unpaired) electrons. The molecule has 2 atom stereocenters. The number of hydrogen-bond donors (Lipinski definition) is 1. The number of hydrogen-bond acceptors (Lipinski definition) is 7. The number of fused-ring (bicyclic) bond motifs is 3. The number of halogens is 1. The monoisotopic (exact) mass is 471 g/mol. The molecule has 11 heteroatoms. The quantitative estimate of drug-likeness (QED) is 0.679. The van der Waals surface area contributed by atoms with Crippen LogP contribution in [-0.2, 0) is 17.8 Å². The number of imide groups is 1. The Kier molecular flexibility index (Phi) is 5.53. The lowest BCUT2D eigenvalue weighted by Crippen LogP contribution is -2.56. The Hall–Kier alpha value is -3.40. The van der Waals surface area contributed by atoms with Crippen LogP contribution in [0.1, 0.15) is 34.5 Å². The fourth-order valence-corrected chi connectivity index (χ4v) is 5.08. The van der Waals surface area contributed by atoms with Gasteiger partial charge < -0.3 is 14.7 Å². The summed E-state index contributed by atoms with van der Waals surface area (Å²) in [5, 5.41) is 9.16. The van der Waals surface area contributed by atoms with E-state index in [2.05, 4.69) is 9.97 Å². The molecule has 0 saturated carbocycles. The molecule has 1 N–H and O–H groups in total. The summed E-state index contributed by atoms with van der Waals surface area (Å²) in [7, 11) is 0. The van der Waals surface area contributed by atoms with E-state index in [1.807, 2.05) is 40.1 Å². The molecule has 10 nitrogen and oxygen atoms in total. The first-order valence-corrected chi connectivity index (χ1v) is 11.2. The first-order chi connectivity index (χ1) is 15.9. The summed E-state index contributed by atoms with van der Waals surface area (Å²) in [5.74, 6) is -0.155. The molecule has 0 spiro atoms. The first kappa shape index (κ1) is 21.4. The Morgan fingerprint density at radius 3 is 2.48 bits per heavy atom. The molecule has 2 fully saturated rings. The number of carbonyl (C=O) groups excluding carboxylic acids is 2. The number of carboxylic acid groups (broad SMARTS) is 1. The normalized spacial score (nSPS) is 21.7. The average Bonchev–Trinajstić information content (AvgIpc) is 3.07. The lowest BCUT2D eigenvalue weighted by atomic mass is 10.0. The summed E-state index contributed by atoms with van der Waals surface area (Å²) in [6.07, 6.45) is 0.348. The van der Waals surface area contributed by atoms with Crippen LogP contribution in [0.5, 0.6) is 0 Å². The molecule has 0 aliphatic carbocycles. The van der Waals surface area contributed by atoms with E-state index < -0.39 is 12.0 Å². The molecule has 5 rings (SSSR count). The number of rotatable bonds is 3. The summed E-state index contributed by atoms with van der Waals surface area (Å²) < 4.78 is 5.56. The van der Waals surface area contributed by atoms with Crippen molar-refractivity contribution in [3.05, 3.63) is 52.4 Å². The van der Waals surface area contributed by atoms with E-state index in [1.165, 1.54) is 0 Å². The Morgan fingerprint density at radius 1 is 1.12 bits per heavy atom. The number of benzene rings is 1. The van der Waals surface area contributed by atoms with E-state index in [9.17, 15) is 19.5 Å². The number of ether oxygens (including phenoxy) is 1. The SMILES string of the molecule is O=C(O)N1CCc2c(nc(Cl)nc2N2CC3CCC(C2)N3C(=O)OCc2ccccc2)C1=O. The second-order valence-corrected chi connectivity index (χ2v) is 8.71. The maximum Gasteiger partial charge on any atom is 0.414 e. The van der Waals surface area contributed by atoms with Crippen molar-refractivity contribution in [3.63, 3.8) is 0 Å². The lowest BCUT2D eigenvalue weighted by Gasteiger charge is -2.41. The molecule has 172 valence electrons. The molecule has 3 aliphatic rings. The van der Waals surface area contributed by atoms with Gasteiger partial charge in [-0.3, -0.25) is 9.69 Å². The number of piperazine rings is 1. The van der Waals surface area contributed by atoms with Gasteiger partial charge in [0.2, 0.25) is 5.28 Å². The van der Waals surface area contributed by atoms with Gasteiger partial charge in [-0.25, -0.2) is 24.5 Å². The maximum absolute atomic E-state index is 12.8. The van der Waals surface area contributed by atoms with Gasteiger partial charge in [0, 0.05) is 25.2 Å². The molecule has 2 bridgehead atoms. The number of carbonyl (C=O) groups is 3. The minimum atomic E-state index is -1.32. The van der Waals surface area contributed by atoms with Crippen LogP contribution >= 0.6 is 11.6 Å². The molecule has 1 aromatic heterocycles. The fraction of sp³-hybridized carbons (Fsp3) is 0.409. The van der Waals surface area contributed by atoms with Crippen molar-refractivity contribution in [2.75, 3.05) is 24.5 Å². The molecule has 2 aromatic rings. The van der Waals surface area contributed by atoms with Crippen molar-refractivity contribution in [3.8, 4) is 0 Å². The van der Waals surface area contributed by atoms with E-state index in [-0.39, 0.29) is 42.3 Å². The smallest absolute Gasteiger partial charge is 0.414 e. The standard InChI is InChI=1S/C22H22ClN5O5/c23-20-24-17-16(8-9-27(19(17)29)21(30)31)18(25-20)26-10-14-6-7-15(11-26)28(14)22(32)33-12-13-4-2-1-3-5-13/h1-5,14-15H,6-12H2,(H,30,31). The van der Waals surface area contributed by atoms with Crippen molar-refractivity contribution in [2.24, 2.45) is 0 Å². The highest BCUT2D eigenvalue weighted by Gasteiger charge is 2.45. The molecule has 1 aromatic carbocycles. The summed E-state index contributed by atoms with van der Waals surface area (Å²) in [6, 6.07) is 9.44. The Balaban J connectivity index is 1.34. The molecule has 4 heterocycles. The highest BCUT2D eigenvalue weighted by Crippen LogP contribution is 2.36. The molecule has 2 unspecified atom stereocenters. The van der Waals surface area contributed by atoms with E-state index in [0.717, 1.165) is 23.3 Å². The molecule has 2 saturated heterocycles. The minimum Gasteiger partial charge on any atom is -0.465 e. The largest absolute Gasteiger partial charge is 0.465 e. The first-order valence-electron chi connectivity index (χ1n) is 10.8. The predicted octanol–water partition coefficient (Wildman–Crippen LogP) is 2.80. The number of aromatic nitrogens is 2. The third-order valence-corrected chi connectivity index (χ3v) is 6.59.